The number of nitrogens with zero attached hydrogens (tertiary/aromatic N) is 3. The van der Waals surface area contributed by atoms with Crippen LogP contribution in [0.2, 0.25) is 0 Å². The molecule has 0 unspecified atom stereocenters. The summed E-state index contributed by atoms with van der Waals surface area (Å²) in [7, 11) is 1.64. The molecule has 2 N–H and O–H groups in total. The summed E-state index contributed by atoms with van der Waals surface area (Å²) in [6.07, 6.45) is 4.50. The van der Waals surface area contributed by atoms with Crippen LogP contribution in [-0.4, -0.2) is 44.1 Å². The summed E-state index contributed by atoms with van der Waals surface area (Å²) in [5.41, 5.74) is 1.13. The van der Waals surface area contributed by atoms with Crippen LogP contribution in [0.4, 0.5) is 0 Å². The Kier molecular flexibility index (Phi) is 3.56. The molecule has 2 aromatic rings. The first-order chi connectivity index (χ1) is 9.08. The number of hydrogen-bond acceptors (Lipinski definition) is 4. The Morgan fingerprint density at radius 1 is 1.37 bits per heavy atom. The highest BCUT2D eigenvalue weighted by Crippen LogP contribution is 2.06. The maximum Gasteiger partial charge on any atom is 0.337 e. The number of amides is 1. The minimum atomic E-state index is -1.07. The number of rotatable bonds is 4. The van der Waals surface area contributed by atoms with Gasteiger partial charge in [0.2, 0.25) is 0 Å². The van der Waals surface area contributed by atoms with Gasteiger partial charge in [0.05, 0.1) is 11.8 Å². The Balaban J connectivity index is 2.08. The molecule has 19 heavy (non-hydrogen) atoms. The summed E-state index contributed by atoms with van der Waals surface area (Å²) in [4.78, 5) is 28.1. The van der Waals surface area contributed by atoms with Crippen LogP contribution in [0.1, 0.15) is 26.4 Å². The van der Waals surface area contributed by atoms with E-state index in [0.29, 0.717) is 6.54 Å². The predicted octanol–water partition coefficient (Wildman–Crippen LogP) is 0.775. The van der Waals surface area contributed by atoms with E-state index in [4.69, 9.17) is 5.11 Å². The van der Waals surface area contributed by atoms with Crippen molar-refractivity contribution in [1.29, 1.82) is 0 Å². The van der Waals surface area contributed by atoms with Crippen molar-refractivity contribution in [2.75, 3.05) is 7.05 Å². The first kappa shape index (κ1) is 12.7. The zero-order valence-corrected chi connectivity index (χ0v) is 10.2. The number of pyridine rings is 1. The number of carboxylic acid groups (broad SMARTS) is 1. The van der Waals surface area contributed by atoms with E-state index >= 15 is 0 Å². The maximum absolute atomic E-state index is 12.0. The number of H-pyrrole nitrogens is 1. The summed E-state index contributed by atoms with van der Waals surface area (Å²) in [5.74, 6) is -1.35. The molecule has 2 heterocycles. The maximum atomic E-state index is 12.0. The van der Waals surface area contributed by atoms with E-state index in [1.54, 1.807) is 19.4 Å². The molecule has 2 aromatic heterocycles. The Hall–Kier alpha value is -2.70. The molecule has 7 nitrogen and oxygen atoms in total. The van der Waals surface area contributed by atoms with Crippen molar-refractivity contribution in [2.45, 2.75) is 6.54 Å². The molecule has 0 aliphatic carbocycles. The lowest BCUT2D eigenvalue weighted by molar-refractivity contribution is 0.0694. The summed E-state index contributed by atoms with van der Waals surface area (Å²) in [6.45, 7) is 0.400. The van der Waals surface area contributed by atoms with Crippen LogP contribution in [-0.2, 0) is 6.54 Å². The predicted molar refractivity (Wildman–Crippen MR) is 65.6 cm³/mol. The molecule has 0 aromatic carbocycles. The lowest BCUT2D eigenvalue weighted by Gasteiger charge is -2.15. The zero-order valence-electron chi connectivity index (χ0n) is 10.2. The van der Waals surface area contributed by atoms with Crippen molar-refractivity contribution < 1.29 is 14.7 Å². The van der Waals surface area contributed by atoms with Gasteiger partial charge in [0.1, 0.15) is 5.69 Å². The van der Waals surface area contributed by atoms with Crippen LogP contribution in [0.3, 0.4) is 0 Å². The second-order valence-electron chi connectivity index (χ2n) is 4.01. The lowest BCUT2D eigenvalue weighted by atomic mass is 10.2. The van der Waals surface area contributed by atoms with Gasteiger partial charge in [-0.1, -0.05) is 0 Å². The molecule has 0 saturated heterocycles. The van der Waals surface area contributed by atoms with Crippen molar-refractivity contribution in [3.8, 4) is 0 Å². The first-order valence-corrected chi connectivity index (χ1v) is 5.50. The van der Waals surface area contributed by atoms with E-state index < -0.39 is 5.97 Å². The highest BCUT2D eigenvalue weighted by molar-refractivity contribution is 5.93. The minimum absolute atomic E-state index is 0.0500. The molecule has 0 aliphatic heterocycles. The largest absolute Gasteiger partial charge is 0.478 e. The number of aromatic amines is 1. The van der Waals surface area contributed by atoms with E-state index in [1.165, 1.54) is 23.2 Å². The fraction of sp³-hybridized carbons (Fsp3) is 0.167. The van der Waals surface area contributed by atoms with E-state index in [1.807, 2.05) is 0 Å². The topological polar surface area (TPSA) is 99.2 Å². The Morgan fingerprint density at radius 2 is 2.16 bits per heavy atom. The van der Waals surface area contributed by atoms with Crippen LogP contribution < -0.4 is 0 Å². The van der Waals surface area contributed by atoms with Gasteiger partial charge in [0.15, 0.2) is 0 Å². The van der Waals surface area contributed by atoms with Crippen LogP contribution in [0.5, 0.6) is 0 Å². The third kappa shape index (κ3) is 2.95. The monoisotopic (exact) mass is 260 g/mol. The van der Waals surface area contributed by atoms with Gasteiger partial charge in [-0.15, -0.1) is 0 Å². The van der Waals surface area contributed by atoms with E-state index in [9.17, 15) is 9.59 Å². The highest BCUT2D eigenvalue weighted by atomic mass is 16.4. The average molecular weight is 260 g/mol. The molecular formula is C12H12N4O3. The normalized spacial score (nSPS) is 10.2. The Bertz CT molecular complexity index is 578. The molecule has 7 heteroatoms. The molecular weight excluding hydrogens is 248 g/mol. The zero-order chi connectivity index (χ0) is 13.8. The van der Waals surface area contributed by atoms with E-state index in [-0.39, 0.29) is 17.2 Å². The summed E-state index contributed by atoms with van der Waals surface area (Å²) >= 11 is 0. The van der Waals surface area contributed by atoms with Gasteiger partial charge < -0.3 is 10.0 Å². The summed E-state index contributed by atoms with van der Waals surface area (Å²) < 4.78 is 0. The number of carbonyl (C=O) groups excluding carboxylic acids is 1. The fourth-order valence-corrected chi connectivity index (χ4v) is 1.55. The molecule has 0 bridgehead atoms. The van der Waals surface area contributed by atoms with E-state index in [0.717, 1.165) is 5.56 Å². The van der Waals surface area contributed by atoms with Crippen molar-refractivity contribution in [2.24, 2.45) is 0 Å². The molecule has 2 rings (SSSR count). The van der Waals surface area contributed by atoms with Gasteiger partial charge in [0.25, 0.3) is 5.91 Å². The lowest BCUT2D eigenvalue weighted by Crippen LogP contribution is -2.26. The van der Waals surface area contributed by atoms with Crippen molar-refractivity contribution in [3.05, 3.63) is 47.5 Å². The van der Waals surface area contributed by atoms with Gasteiger partial charge >= 0.3 is 5.97 Å². The smallest absolute Gasteiger partial charge is 0.337 e. The minimum Gasteiger partial charge on any atom is -0.478 e. The van der Waals surface area contributed by atoms with Crippen molar-refractivity contribution >= 4 is 11.9 Å². The molecule has 1 amide bonds. The molecule has 0 fully saturated rings. The third-order valence-corrected chi connectivity index (χ3v) is 2.55. The first-order valence-electron chi connectivity index (χ1n) is 5.50. The second-order valence-corrected chi connectivity index (χ2v) is 4.01. The van der Waals surface area contributed by atoms with Gasteiger partial charge in [-0.2, -0.15) is 5.10 Å². The number of aromatic nitrogens is 3. The van der Waals surface area contributed by atoms with Gasteiger partial charge in [-0.3, -0.25) is 14.9 Å². The molecule has 0 aliphatic rings. The van der Waals surface area contributed by atoms with Gasteiger partial charge in [-0.25, -0.2) is 4.79 Å². The molecule has 0 saturated carbocycles. The van der Waals surface area contributed by atoms with E-state index in [2.05, 4.69) is 15.2 Å². The molecule has 0 atom stereocenters. The number of carboxylic acids is 1. The number of carbonyl (C=O) groups is 2. The van der Waals surface area contributed by atoms with Crippen LogP contribution in [0.15, 0.2) is 30.7 Å². The Labute approximate surface area is 108 Å². The summed E-state index contributed by atoms with van der Waals surface area (Å²) in [5, 5.41) is 15.2. The standard InChI is InChI=1S/C12H12N4O3/c1-16(7-8-4-14-15-5-8)11(17)10-3-2-9(6-13-10)12(18)19/h2-6H,7H2,1H3,(H,14,15)(H,18,19). The van der Waals surface area contributed by atoms with Crippen LogP contribution >= 0.6 is 0 Å². The number of hydrogen-bond donors (Lipinski definition) is 2. The highest BCUT2D eigenvalue weighted by Gasteiger charge is 2.14. The quantitative estimate of drug-likeness (QED) is 0.846. The van der Waals surface area contributed by atoms with Crippen molar-refractivity contribution in [3.63, 3.8) is 0 Å². The van der Waals surface area contributed by atoms with Gasteiger partial charge in [-0.05, 0) is 12.1 Å². The van der Waals surface area contributed by atoms with Crippen molar-refractivity contribution in [1.82, 2.24) is 20.1 Å². The third-order valence-electron chi connectivity index (χ3n) is 2.55. The second kappa shape index (κ2) is 5.30. The number of aromatic carboxylic acids is 1. The number of nitrogens with one attached hydrogen (secondary N) is 1. The SMILES string of the molecule is CN(Cc1cn[nH]c1)C(=O)c1ccc(C(=O)O)cn1. The summed E-state index contributed by atoms with van der Waals surface area (Å²) in [6, 6.07) is 2.76. The van der Waals surface area contributed by atoms with Crippen LogP contribution in [0, 0.1) is 0 Å². The molecule has 0 spiro atoms. The van der Waals surface area contributed by atoms with Crippen LogP contribution in [0.25, 0.3) is 0 Å². The Morgan fingerprint density at radius 3 is 2.68 bits per heavy atom. The molecule has 0 radical (unpaired) electrons. The fourth-order valence-electron chi connectivity index (χ4n) is 1.55. The molecule has 98 valence electrons. The van der Waals surface area contributed by atoms with Gasteiger partial charge in [0, 0.05) is 31.5 Å². The average Bonchev–Trinajstić information content (AvgIpc) is 2.90.